The van der Waals surface area contributed by atoms with E-state index in [1.54, 1.807) is 23.1 Å². The first-order valence-electron chi connectivity index (χ1n) is 7.98. The third kappa shape index (κ3) is 4.90. The first-order valence-corrected chi connectivity index (χ1v) is 9.46. The van der Waals surface area contributed by atoms with Crippen LogP contribution in [0.25, 0.3) is 0 Å². The van der Waals surface area contributed by atoms with Crippen LogP contribution in [0.5, 0.6) is 5.75 Å². The smallest absolute Gasteiger partial charge is 0.240 e. The van der Waals surface area contributed by atoms with Crippen molar-refractivity contribution < 1.29 is 13.2 Å². The fraction of sp³-hybridized carbons (Fsp3) is 0.412. The summed E-state index contributed by atoms with van der Waals surface area (Å²) < 4.78 is 33.1. The van der Waals surface area contributed by atoms with Crippen molar-refractivity contribution in [3.63, 3.8) is 0 Å². The fourth-order valence-corrected chi connectivity index (χ4v) is 3.35. The van der Waals surface area contributed by atoms with Crippen LogP contribution in [-0.2, 0) is 16.6 Å². The summed E-state index contributed by atoms with van der Waals surface area (Å²) in [7, 11) is 0.0392. The van der Waals surface area contributed by atoms with E-state index >= 15 is 0 Å². The number of ether oxygens (including phenoxy) is 1. The minimum atomic E-state index is -3.64. The number of benzene rings is 1. The van der Waals surface area contributed by atoms with Gasteiger partial charge in [0.1, 0.15) is 5.75 Å². The molecule has 1 N–H and O–H groups in total. The Bertz CT molecular complexity index is 851. The summed E-state index contributed by atoms with van der Waals surface area (Å²) in [5.74, 6) is 1.23. The van der Waals surface area contributed by atoms with Gasteiger partial charge in [-0.05, 0) is 50.6 Å². The molecule has 0 saturated carbocycles. The molecule has 2 aromatic rings. The highest BCUT2D eigenvalue weighted by molar-refractivity contribution is 7.89. The van der Waals surface area contributed by atoms with Crippen LogP contribution in [0.2, 0.25) is 0 Å². The maximum Gasteiger partial charge on any atom is 0.240 e. The van der Waals surface area contributed by atoms with Crippen molar-refractivity contribution in [2.45, 2.75) is 32.2 Å². The van der Waals surface area contributed by atoms with Crippen LogP contribution in [0.15, 0.2) is 29.2 Å². The van der Waals surface area contributed by atoms with E-state index in [2.05, 4.69) is 14.7 Å². The average Bonchev–Trinajstić information content (AvgIpc) is 2.54. The second-order valence-electron chi connectivity index (χ2n) is 5.88. The van der Waals surface area contributed by atoms with E-state index in [9.17, 15) is 8.42 Å². The number of aromatic nitrogens is 2. The number of aryl methyl sites for hydroxylation is 2. The topological polar surface area (TPSA) is 84.4 Å². The van der Waals surface area contributed by atoms with Crippen molar-refractivity contribution in [3.05, 3.63) is 41.2 Å². The molecular weight excluding hydrogens is 340 g/mol. The number of anilines is 1. The maximum atomic E-state index is 12.5. The molecule has 7 nitrogen and oxygen atoms in total. The lowest BCUT2D eigenvalue weighted by Crippen LogP contribution is -2.24. The lowest BCUT2D eigenvalue weighted by Gasteiger charge is -2.13. The number of hydrogen-bond acceptors (Lipinski definition) is 6. The normalized spacial score (nSPS) is 11.4. The largest absolute Gasteiger partial charge is 0.494 e. The zero-order valence-corrected chi connectivity index (χ0v) is 16.0. The van der Waals surface area contributed by atoms with Gasteiger partial charge in [-0.15, -0.1) is 0 Å². The van der Waals surface area contributed by atoms with Crippen LogP contribution in [-0.4, -0.2) is 39.1 Å². The van der Waals surface area contributed by atoms with Gasteiger partial charge in [0.05, 0.1) is 23.7 Å². The van der Waals surface area contributed by atoms with Gasteiger partial charge in [-0.2, -0.15) is 0 Å². The highest BCUT2D eigenvalue weighted by atomic mass is 32.2. The zero-order chi connectivity index (χ0) is 18.6. The summed E-state index contributed by atoms with van der Waals surface area (Å²) >= 11 is 0. The van der Waals surface area contributed by atoms with E-state index in [-0.39, 0.29) is 11.4 Å². The summed E-state index contributed by atoms with van der Waals surface area (Å²) in [4.78, 5) is 10.6. The molecule has 25 heavy (non-hydrogen) atoms. The van der Waals surface area contributed by atoms with Gasteiger partial charge in [0.25, 0.3) is 0 Å². The van der Waals surface area contributed by atoms with Gasteiger partial charge in [-0.1, -0.05) is 0 Å². The van der Waals surface area contributed by atoms with Crippen molar-refractivity contribution >= 4 is 16.0 Å². The molecule has 0 aliphatic rings. The van der Waals surface area contributed by atoms with Crippen LogP contribution in [0.3, 0.4) is 0 Å². The molecule has 1 aromatic carbocycles. The fourth-order valence-electron chi connectivity index (χ4n) is 2.27. The molecule has 136 valence electrons. The van der Waals surface area contributed by atoms with Gasteiger partial charge in [0.2, 0.25) is 16.0 Å². The van der Waals surface area contributed by atoms with Crippen LogP contribution in [0.4, 0.5) is 5.95 Å². The average molecular weight is 364 g/mol. The molecule has 8 heteroatoms. The minimum Gasteiger partial charge on any atom is -0.494 e. The Kier molecular flexibility index (Phi) is 5.97. The van der Waals surface area contributed by atoms with Gasteiger partial charge in [-0.25, -0.2) is 23.1 Å². The van der Waals surface area contributed by atoms with Gasteiger partial charge >= 0.3 is 0 Å². The molecular formula is C17H24N4O3S. The number of sulfonamides is 1. The molecule has 1 heterocycles. The standard InChI is InChI=1S/C17H24N4O3S/c1-6-24-16-8-7-15(9-12(16)2)25(22,23)18-11-14-10-13(3)19-17(20-14)21(4)5/h7-10,18H,6,11H2,1-5H3. The summed E-state index contributed by atoms with van der Waals surface area (Å²) in [5, 5.41) is 0. The van der Waals surface area contributed by atoms with Gasteiger partial charge in [0.15, 0.2) is 0 Å². The molecule has 0 spiro atoms. The van der Waals surface area contributed by atoms with E-state index in [4.69, 9.17) is 4.74 Å². The highest BCUT2D eigenvalue weighted by Gasteiger charge is 2.16. The lowest BCUT2D eigenvalue weighted by molar-refractivity contribution is 0.337. The summed E-state index contributed by atoms with van der Waals surface area (Å²) in [5.41, 5.74) is 2.17. The van der Waals surface area contributed by atoms with E-state index in [1.807, 2.05) is 34.9 Å². The predicted octanol–water partition coefficient (Wildman–Crippen LogP) is 2.04. The van der Waals surface area contributed by atoms with Crippen molar-refractivity contribution in [3.8, 4) is 5.75 Å². The summed E-state index contributed by atoms with van der Waals surface area (Å²) in [6, 6.07) is 6.58. The number of rotatable bonds is 7. The summed E-state index contributed by atoms with van der Waals surface area (Å²) in [6.45, 7) is 6.19. The Hall–Kier alpha value is -2.19. The molecule has 1 aromatic heterocycles. The van der Waals surface area contributed by atoms with E-state index in [0.29, 0.717) is 24.0 Å². The quantitative estimate of drug-likeness (QED) is 0.809. The Labute approximate surface area is 149 Å². The Morgan fingerprint density at radius 1 is 1.16 bits per heavy atom. The molecule has 2 rings (SSSR count). The third-order valence-corrected chi connectivity index (χ3v) is 4.89. The second-order valence-corrected chi connectivity index (χ2v) is 7.65. The SMILES string of the molecule is CCOc1ccc(S(=O)(=O)NCc2cc(C)nc(N(C)C)n2)cc1C. The first-order chi connectivity index (χ1) is 11.7. The second kappa shape index (κ2) is 7.79. The first kappa shape index (κ1) is 19.1. The van der Waals surface area contributed by atoms with Gasteiger partial charge in [-0.3, -0.25) is 0 Å². The van der Waals surface area contributed by atoms with E-state index < -0.39 is 10.0 Å². The predicted molar refractivity (Wildman–Crippen MR) is 97.5 cm³/mol. The molecule has 0 saturated heterocycles. The van der Waals surface area contributed by atoms with Gasteiger partial charge < -0.3 is 9.64 Å². The molecule has 0 atom stereocenters. The molecule has 0 radical (unpaired) electrons. The maximum absolute atomic E-state index is 12.5. The number of hydrogen-bond donors (Lipinski definition) is 1. The van der Waals surface area contributed by atoms with Gasteiger partial charge in [0, 0.05) is 19.8 Å². The molecule has 0 fully saturated rings. The minimum absolute atomic E-state index is 0.0960. The molecule has 0 aliphatic heterocycles. The lowest BCUT2D eigenvalue weighted by atomic mass is 10.2. The Morgan fingerprint density at radius 2 is 1.88 bits per heavy atom. The number of nitrogens with one attached hydrogen (secondary N) is 1. The number of nitrogens with zero attached hydrogens (tertiary/aromatic N) is 3. The zero-order valence-electron chi connectivity index (χ0n) is 15.2. The van der Waals surface area contributed by atoms with Crippen LogP contribution < -0.4 is 14.4 Å². The Morgan fingerprint density at radius 3 is 2.48 bits per heavy atom. The van der Waals surface area contributed by atoms with Crippen molar-refractivity contribution in [2.75, 3.05) is 25.6 Å². The third-order valence-electron chi connectivity index (χ3n) is 3.50. The molecule has 0 amide bonds. The van der Waals surface area contributed by atoms with Crippen LogP contribution in [0.1, 0.15) is 23.9 Å². The van der Waals surface area contributed by atoms with E-state index in [0.717, 1.165) is 11.3 Å². The van der Waals surface area contributed by atoms with E-state index in [1.165, 1.54) is 6.07 Å². The van der Waals surface area contributed by atoms with Crippen LogP contribution >= 0.6 is 0 Å². The van der Waals surface area contributed by atoms with Crippen LogP contribution in [0, 0.1) is 13.8 Å². The monoisotopic (exact) mass is 364 g/mol. The van der Waals surface area contributed by atoms with Crippen molar-refractivity contribution in [1.29, 1.82) is 0 Å². The Balaban J connectivity index is 2.18. The van der Waals surface area contributed by atoms with Crippen molar-refractivity contribution in [1.82, 2.24) is 14.7 Å². The van der Waals surface area contributed by atoms with Crippen molar-refractivity contribution in [2.24, 2.45) is 0 Å². The molecule has 0 aliphatic carbocycles. The highest BCUT2D eigenvalue weighted by Crippen LogP contribution is 2.22. The summed E-state index contributed by atoms with van der Waals surface area (Å²) in [6.07, 6.45) is 0. The molecule has 0 unspecified atom stereocenters. The molecule has 0 bridgehead atoms.